The smallest absolute Gasteiger partial charge is 0.323 e. The van der Waals surface area contributed by atoms with Crippen LogP contribution in [0.2, 0.25) is 0 Å². The number of rotatable bonds is 7. The zero-order valence-corrected chi connectivity index (χ0v) is 22.0. The molecule has 0 aromatic heterocycles. The van der Waals surface area contributed by atoms with Crippen LogP contribution in [0.4, 0.5) is 21.0 Å². The summed E-state index contributed by atoms with van der Waals surface area (Å²) in [5, 5.41) is 18.3. The van der Waals surface area contributed by atoms with Gasteiger partial charge in [-0.25, -0.2) is 9.59 Å². The Kier molecular flexibility index (Phi) is 9.35. The fourth-order valence-corrected chi connectivity index (χ4v) is 4.08. The van der Waals surface area contributed by atoms with E-state index in [2.05, 4.69) is 16.0 Å². The van der Waals surface area contributed by atoms with E-state index in [-0.39, 0.29) is 48.4 Å². The molecule has 1 aliphatic rings. The molecule has 0 radical (unpaired) electrons. The number of nitrogens with zero attached hydrogens (tertiary/aromatic N) is 2. The zero-order valence-electron chi connectivity index (χ0n) is 22.0. The Labute approximate surface area is 218 Å². The van der Waals surface area contributed by atoms with Crippen LogP contribution in [-0.2, 0) is 0 Å². The molecular weight excluding hydrogens is 474 g/mol. The molecule has 200 valence electrons. The monoisotopic (exact) mass is 511 g/mol. The molecule has 0 aliphatic carbocycles. The number of aliphatic hydroxyl groups is 1. The topological polar surface area (TPSA) is 123 Å². The first-order valence-electron chi connectivity index (χ1n) is 12.5. The molecule has 4 N–H and O–H groups in total. The number of hydrogen-bond donors (Lipinski definition) is 4. The van der Waals surface area contributed by atoms with Crippen LogP contribution in [0.25, 0.3) is 0 Å². The van der Waals surface area contributed by atoms with Crippen LogP contribution in [0.15, 0.2) is 48.5 Å². The van der Waals surface area contributed by atoms with E-state index >= 15 is 0 Å². The van der Waals surface area contributed by atoms with Crippen LogP contribution >= 0.6 is 0 Å². The number of aliphatic hydroxyl groups excluding tert-OH is 1. The molecule has 0 saturated carbocycles. The number of fused-ring (bicyclic) bond motifs is 1. The van der Waals surface area contributed by atoms with Crippen molar-refractivity contribution in [3.8, 4) is 5.75 Å². The first-order valence-corrected chi connectivity index (χ1v) is 12.5. The molecule has 1 aliphatic heterocycles. The fourth-order valence-electron chi connectivity index (χ4n) is 4.08. The molecule has 0 fully saturated rings. The van der Waals surface area contributed by atoms with Gasteiger partial charge >= 0.3 is 12.1 Å². The molecule has 2 aromatic rings. The van der Waals surface area contributed by atoms with Crippen molar-refractivity contribution >= 4 is 29.3 Å². The highest BCUT2D eigenvalue weighted by atomic mass is 16.5. The minimum absolute atomic E-state index is 0.0243. The van der Waals surface area contributed by atoms with Gasteiger partial charge in [-0.15, -0.1) is 0 Å². The van der Waals surface area contributed by atoms with Crippen molar-refractivity contribution in [2.24, 2.45) is 5.92 Å². The Morgan fingerprint density at radius 1 is 1.11 bits per heavy atom. The Morgan fingerprint density at radius 2 is 1.81 bits per heavy atom. The van der Waals surface area contributed by atoms with Gasteiger partial charge in [-0.2, -0.15) is 0 Å². The third-order valence-corrected chi connectivity index (χ3v) is 6.18. The van der Waals surface area contributed by atoms with Crippen LogP contribution in [-0.4, -0.2) is 77.8 Å². The first kappa shape index (κ1) is 27.8. The second kappa shape index (κ2) is 12.4. The number of para-hydroxylation sites is 2. The number of hydrogen-bond acceptors (Lipinski definition) is 5. The van der Waals surface area contributed by atoms with Gasteiger partial charge in [0.2, 0.25) is 0 Å². The summed E-state index contributed by atoms with van der Waals surface area (Å²) in [6, 6.07) is 12.8. The van der Waals surface area contributed by atoms with E-state index in [0.29, 0.717) is 17.9 Å². The largest absolute Gasteiger partial charge is 0.485 e. The Balaban J connectivity index is 1.95. The van der Waals surface area contributed by atoms with Crippen LogP contribution in [0, 0.1) is 5.92 Å². The van der Waals surface area contributed by atoms with Gasteiger partial charge < -0.3 is 35.6 Å². The van der Waals surface area contributed by atoms with Gasteiger partial charge in [-0.1, -0.05) is 31.2 Å². The lowest BCUT2D eigenvalue weighted by Crippen LogP contribution is -2.51. The quantitative estimate of drug-likeness (QED) is 0.452. The van der Waals surface area contributed by atoms with E-state index in [4.69, 9.17) is 4.74 Å². The zero-order chi connectivity index (χ0) is 27.1. The summed E-state index contributed by atoms with van der Waals surface area (Å²) in [6.45, 7) is 7.86. The molecule has 0 unspecified atom stereocenters. The molecule has 1 heterocycles. The standard InChI is InChI=1S/C27H37N5O5/c1-17(2)28-27(36)31(5)15-23-18(3)14-32(19(4)16-33)25(34)21-12-9-13-22(24(21)37-23)30-26(35)29-20-10-7-6-8-11-20/h6-13,17-19,23,33H,14-16H2,1-5H3,(H,28,36)(H2,29,30,35)/t18-,19-,23-/m0/s1. The number of carbonyl (C=O) groups is 3. The molecule has 3 atom stereocenters. The number of carbonyl (C=O) groups excluding carboxylic acids is 3. The number of benzene rings is 2. The highest BCUT2D eigenvalue weighted by Gasteiger charge is 2.35. The van der Waals surface area contributed by atoms with E-state index in [1.165, 1.54) is 0 Å². The molecule has 2 aromatic carbocycles. The Morgan fingerprint density at radius 3 is 2.46 bits per heavy atom. The number of anilines is 2. The molecule has 10 heteroatoms. The second-order valence-corrected chi connectivity index (χ2v) is 9.73. The van der Waals surface area contributed by atoms with Crippen molar-refractivity contribution in [2.45, 2.75) is 45.9 Å². The highest BCUT2D eigenvalue weighted by Crippen LogP contribution is 2.35. The van der Waals surface area contributed by atoms with E-state index < -0.39 is 18.2 Å². The fraction of sp³-hybridized carbons (Fsp3) is 0.444. The highest BCUT2D eigenvalue weighted by molar-refractivity contribution is 6.04. The van der Waals surface area contributed by atoms with Crippen molar-refractivity contribution in [1.29, 1.82) is 0 Å². The maximum atomic E-state index is 13.6. The molecule has 0 saturated heterocycles. The number of likely N-dealkylation sites (N-methyl/N-ethyl adjacent to an activating group) is 1. The lowest BCUT2D eigenvalue weighted by Gasteiger charge is -2.38. The first-order chi connectivity index (χ1) is 17.6. The van der Waals surface area contributed by atoms with E-state index in [0.717, 1.165) is 0 Å². The van der Waals surface area contributed by atoms with Crippen molar-refractivity contribution in [2.75, 3.05) is 37.4 Å². The van der Waals surface area contributed by atoms with E-state index in [9.17, 15) is 19.5 Å². The molecule has 0 spiro atoms. The molecule has 0 bridgehead atoms. The van der Waals surface area contributed by atoms with Crippen LogP contribution < -0.4 is 20.7 Å². The van der Waals surface area contributed by atoms with Gasteiger partial charge in [0.1, 0.15) is 6.10 Å². The minimum atomic E-state index is -0.497. The predicted molar refractivity (Wildman–Crippen MR) is 143 cm³/mol. The normalized spacial score (nSPS) is 18.1. The SMILES string of the molecule is CC(C)NC(=O)N(C)C[C@@H]1Oc2c(NC(=O)Nc3ccccc3)cccc2C(=O)N([C@@H](C)CO)C[C@@H]1C. The lowest BCUT2D eigenvalue weighted by molar-refractivity contribution is 0.0368. The van der Waals surface area contributed by atoms with Gasteiger partial charge in [0.05, 0.1) is 30.4 Å². The van der Waals surface area contributed by atoms with E-state index in [1.54, 1.807) is 54.1 Å². The van der Waals surface area contributed by atoms with Crippen molar-refractivity contribution < 1.29 is 24.2 Å². The second-order valence-electron chi connectivity index (χ2n) is 9.73. The van der Waals surface area contributed by atoms with Crippen LogP contribution in [0.5, 0.6) is 5.75 Å². The number of urea groups is 2. The molecular formula is C27H37N5O5. The Bertz CT molecular complexity index is 1090. The van der Waals surface area contributed by atoms with Crippen LogP contribution in [0.1, 0.15) is 38.1 Å². The molecule has 5 amide bonds. The predicted octanol–water partition coefficient (Wildman–Crippen LogP) is 3.60. The lowest BCUT2D eigenvalue weighted by atomic mass is 9.99. The maximum absolute atomic E-state index is 13.6. The minimum Gasteiger partial charge on any atom is -0.485 e. The van der Waals surface area contributed by atoms with Gasteiger partial charge in [0.15, 0.2) is 5.75 Å². The molecule has 3 rings (SSSR count). The van der Waals surface area contributed by atoms with Crippen molar-refractivity contribution in [1.82, 2.24) is 15.1 Å². The summed E-state index contributed by atoms with van der Waals surface area (Å²) < 4.78 is 6.42. The third kappa shape index (κ3) is 7.13. The van der Waals surface area contributed by atoms with Crippen molar-refractivity contribution in [3.05, 3.63) is 54.1 Å². The summed E-state index contributed by atoms with van der Waals surface area (Å²) >= 11 is 0. The number of nitrogens with one attached hydrogen (secondary N) is 3. The summed E-state index contributed by atoms with van der Waals surface area (Å²) in [7, 11) is 1.68. The average Bonchev–Trinajstić information content (AvgIpc) is 2.86. The molecule has 10 nitrogen and oxygen atoms in total. The van der Waals surface area contributed by atoms with Gasteiger partial charge in [0, 0.05) is 31.2 Å². The average molecular weight is 512 g/mol. The number of amides is 5. The maximum Gasteiger partial charge on any atom is 0.323 e. The molecule has 37 heavy (non-hydrogen) atoms. The van der Waals surface area contributed by atoms with Gasteiger partial charge in [-0.05, 0) is 45.0 Å². The summed E-state index contributed by atoms with van der Waals surface area (Å²) in [4.78, 5) is 42.1. The third-order valence-electron chi connectivity index (χ3n) is 6.18. The van der Waals surface area contributed by atoms with Gasteiger partial charge in [0.25, 0.3) is 5.91 Å². The summed E-state index contributed by atoms with van der Waals surface area (Å²) in [5.41, 5.74) is 1.20. The van der Waals surface area contributed by atoms with E-state index in [1.807, 2.05) is 39.0 Å². The van der Waals surface area contributed by atoms with Gasteiger partial charge in [-0.3, -0.25) is 4.79 Å². The summed E-state index contributed by atoms with van der Waals surface area (Å²) in [5.74, 6) is -0.272. The van der Waals surface area contributed by atoms with Crippen molar-refractivity contribution in [3.63, 3.8) is 0 Å². The van der Waals surface area contributed by atoms with Crippen LogP contribution in [0.3, 0.4) is 0 Å². The Hall–Kier alpha value is -3.79. The number of ether oxygens (including phenoxy) is 1. The summed E-state index contributed by atoms with van der Waals surface area (Å²) in [6.07, 6.45) is -0.497.